The average molecular weight is 277 g/mol. The van der Waals surface area contributed by atoms with Crippen LogP contribution in [0.4, 0.5) is 4.79 Å². The molecule has 2 aromatic heterocycles. The van der Waals surface area contributed by atoms with Crippen molar-refractivity contribution in [2.45, 2.75) is 26.4 Å². The molecule has 2 rings (SSSR count). The predicted molar refractivity (Wildman–Crippen MR) is 70.5 cm³/mol. The van der Waals surface area contributed by atoms with Crippen LogP contribution in [0.1, 0.15) is 31.3 Å². The molecular formula is C13H15N3O4. The van der Waals surface area contributed by atoms with Crippen molar-refractivity contribution >= 4 is 23.1 Å². The van der Waals surface area contributed by atoms with Crippen LogP contribution in [0.25, 0.3) is 11.0 Å². The van der Waals surface area contributed by atoms with Gasteiger partial charge in [-0.05, 0) is 32.9 Å². The second-order valence-electron chi connectivity index (χ2n) is 5.17. The number of carbonyl (C=O) groups is 2. The van der Waals surface area contributed by atoms with Crippen LogP contribution < -0.4 is 0 Å². The van der Waals surface area contributed by atoms with Crippen LogP contribution in [-0.2, 0) is 9.47 Å². The predicted octanol–water partition coefficient (Wildman–Crippen LogP) is 2.00. The third-order valence-corrected chi connectivity index (χ3v) is 2.42. The molecule has 0 saturated heterocycles. The normalized spacial score (nSPS) is 11.4. The topological polar surface area (TPSA) is 83.3 Å². The zero-order valence-electron chi connectivity index (χ0n) is 11.7. The first-order valence-electron chi connectivity index (χ1n) is 5.98. The van der Waals surface area contributed by atoms with Crippen molar-refractivity contribution in [1.82, 2.24) is 14.8 Å². The van der Waals surface area contributed by atoms with Crippen LogP contribution in [0.2, 0.25) is 0 Å². The maximum Gasteiger partial charge on any atom is 0.420 e. The summed E-state index contributed by atoms with van der Waals surface area (Å²) in [6, 6.07) is 3.16. The van der Waals surface area contributed by atoms with Crippen molar-refractivity contribution in [1.29, 1.82) is 0 Å². The highest BCUT2D eigenvalue weighted by Gasteiger charge is 2.20. The summed E-state index contributed by atoms with van der Waals surface area (Å²) < 4.78 is 11.1. The van der Waals surface area contributed by atoms with Crippen molar-refractivity contribution in [3.05, 3.63) is 24.0 Å². The lowest BCUT2D eigenvalue weighted by Gasteiger charge is -2.19. The number of fused-ring (bicyclic) bond motifs is 1. The van der Waals surface area contributed by atoms with E-state index in [1.54, 1.807) is 26.8 Å². The van der Waals surface area contributed by atoms with Gasteiger partial charge in [-0.15, -0.1) is 10.2 Å². The van der Waals surface area contributed by atoms with Crippen LogP contribution in [0.3, 0.4) is 0 Å². The second-order valence-corrected chi connectivity index (χ2v) is 5.17. The summed E-state index contributed by atoms with van der Waals surface area (Å²) in [5.41, 5.74) is -0.193. The van der Waals surface area contributed by atoms with Gasteiger partial charge in [-0.25, -0.2) is 14.2 Å². The minimum Gasteiger partial charge on any atom is -0.464 e. The molecule has 0 aliphatic heterocycles. The maximum absolute atomic E-state index is 12.0. The number of carbonyl (C=O) groups excluding carboxylic acids is 2. The molecule has 0 unspecified atom stereocenters. The Hall–Kier alpha value is -2.44. The van der Waals surface area contributed by atoms with E-state index in [2.05, 4.69) is 14.9 Å². The Morgan fingerprint density at radius 1 is 1.25 bits per heavy atom. The number of ether oxygens (including phenoxy) is 2. The lowest BCUT2D eigenvalue weighted by molar-refractivity contribution is 0.0542. The number of hydrogen-bond donors (Lipinski definition) is 0. The summed E-state index contributed by atoms with van der Waals surface area (Å²) in [6.07, 6.45) is 0.974. The molecule has 2 aromatic rings. The molecule has 0 N–H and O–H groups in total. The van der Waals surface area contributed by atoms with Crippen molar-refractivity contribution in [2.75, 3.05) is 7.11 Å². The van der Waals surface area contributed by atoms with E-state index in [1.807, 2.05) is 0 Å². The highest BCUT2D eigenvalue weighted by molar-refractivity contribution is 5.93. The van der Waals surface area contributed by atoms with Gasteiger partial charge in [0.2, 0.25) is 0 Å². The molecule has 0 atom stereocenters. The molecule has 106 valence electrons. The molecule has 0 saturated carbocycles. The number of rotatable bonds is 1. The van der Waals surface area contributed by atoms with E-state index < -0.39 is 17.7 Å². The summed E-state index contributed by atoms with van der Waals surface area (Å²) in [4.78, 5) is 23.4. The van der Waals surface area contributed by atoms with Crippen LogP contribution in [0.15, 0.2) is 18.3 Å². The van der Waals surface area contributed by atoms with Gasteiger partial charge in [0.25, 0.3) is 0 Å². The minimum atomic E-state index is -0.604. The molecule has 0 radical (unpaired) electrons. The van der Waals surface area contributed by atoms with Gasteiger partial charge in [-0.2, -0.15) is 0 Å². The lowest BCUT2D eigenvalue weighted by Crippen LogP contribution is -2.27. The van der Waals surface area contributed by atoms with E-state index in [1.165, 1.54) is 23.9 Å². The van der Waals surface area contributed by atoms with E-state index in [0.29, 0.717) is 11.0 Å². The van der Waals surface area contributed by atoms with Crippen molar-refractivity contribution in [3.8, 4) is 0 Å². The van der Waals surface area contributed by atoms with E-state index in [-0.39, 0.29) is 5.69 Å². The number of esters is 1. The summed E-state index contributed by atoms with van der Waals surface area (Å²) >= 11 is 0. The smallest absolute Gasteiger partial charge is 0.420 e. The molecule has 0 spiro atoms. The first kappa shape index (κ1) is 14.0. The number of hydrogen-bond acceptors (Lipinski definition) is 6. The highest BCUT2D eigenvalue weighted by atomic mass is 16.6. The lowest BCUT2D eigenvalue weighted by atomic mass is 10.2. The molecule has 0 aromatic carbocycles. The van der Waals surface area contributed by atoms with E-state index >= 15 is 0 Å². The van der Waals surface area contributed by atoms with E-state index in [0.717, 1.165) is 0 Å². The summed E-state index contributed by atoms with van der Waals surface area (Å²) in [6.45, 7) is 5.33. The first-order valence-corrected chi connectivity index (χ1v) is 5.98. The van der Waals surface area contributed by atoms with Gasteiger partial charge in [0.05, 0.1) is 7.11 Å². The Kier molecular flexibility index (Phi) is 3.44. The Balaban J connectivity index is 2.38. The molecule has 0 aliphatic rings. The van der Waals surface area contributed by atoms with Crippen molar-refractivity contribution in [2.24, 2.45) is 0 Å². The largest absolute Gasteiger partial charge is 0.464 e. The average Bonchev–Trinajstić information content (AvgIpc) is 2.78. The fourth-order valence-electron chi connectivity index (χ4n) is 1.60. The maximum atomic E-state index is 12.0. The third-order valence-electron chi connectivity index (χ3n) is 2.42. The van der Waals surface area contributed by atoms with Crippen LogP contribution >= 0.6 is 0 Å². The number of methoxy groups -OCH3 is 1. The molecular weight excluding hydrogens is 262 g/mol. The van der Waals surface area contributed by atoms with Crippen molar-refractivity contribution in [3.63, 3.8) is 0 Å². The zero-order valence-corrected chi connectivity index (χ0v) is 11.7. The zero-order chi connectivity index (χ0) is 14.9. The Bertz CT molecular complexity index is 670. The molecule has 20 heavy (non-hydrogen) atoms. The van der Waals surface area contributed by atoms with Gasteiger partial charge in [0.1, 0.15) is 5.60 Å². The van der Waals surface area contributed by atoms with Gasteiger partial charge in [0.15, 0.2) is 11.3 Å². The van der Waals surface area contributed by atoms with Gasteiger partial charge >= 0.3 is 12.1 Å². The highest BCUT2D eigenvalue weighted by Crippen LogP contribution is 2.16. The molecule has 7 nitrogen and oxygen atoms in total. The molecule has 0 bridgehead atoms. The second kappa shape index (κ2) is 4.92. The standard InChI is InChI=1S/C13H15N3O4/c1-13(2,3)20-12(18)16-6-5-8-7-9(11(17)19-4)14-15-10(8)16/h5-7H,1-4H3. The fraction of sp³-hybridized carbons (Fsp3) is 0.385. The Morgan fingerprint density at radius 2 is 1.95 bits per heavy atom. The van der Waals surface area contributed by atoms with Gasteiger partial charge < -0.3 is 9.47 Å². The van der Waals surface area contributed by atoms with Gasteiger partial charge in [-0.1, -0.05) is 0 Å². The first-order chi connectivity index (χ1) is 9.31. The molecule has 2 heterocycles. The molecule has 7 heteroatoms. The van der Waals surface area contributed by atoms with E-state index in [9.17, 15) is 9.59 Å². The summed E-state index contributed by atoms with van der Waals surface area (Å²) in [5, 5.41) is 8.21. The van der Waals surface area contributed by atoms with Gasteiger partial charge in [0, 0.05) is 11.6 Å². The fourth-order valence-corrected chi connectivity index (χ4v) is 1.60. The van der Waals surface area contributed by atoms with Crippen LogP contribution in [0.5, 0.6) is 0 Å². The number of aromatic nitrogens is 3. The van der Waals surface area contributed by atoms with Crippen LogP contribution in [0, 0.1) is 0 Å². The minimum absolute atomic E-state index is 0.0851. The van der Waals surface area contributed by atoms with Crippen molar-refractivity contribution < 1.29 is 19.1 Å². The SMILES string of the molecule is COC(=O)c1cc2ccn(C(=O)OC(C)(C)C)c2nn1. The Labute approximate surface area is 115 Å². The molecule has 0 aliphatic carbocycles. The van der Waals surface area contributed by atoms with Gasteiger partial charge in [-0.3, -0.25) is 0 Å². The molecule has 0 fully saturated rings. The Morgan fingerprint density at radius 3 is 2.55 bits per heavy atom. The summed E-state index contributed by atoms with van der Waals surface area (Å²) in [7, 11) is 1.26. The monoisotopic (exact) mass is 277 g/mol. The third kappa shape index (κ3) is 2.76. The summed E-state index contributed by atoms with van der Waals surface area (Å²) in [5.74, 6) is -0.579. The van der Waals surface area contributed by atoms with E-state index in [4.69, 9.17) is 4.74 Å². The van der Waals surface area contributed by atoms with Crippen LogP contribution in [-0.4, -0.2) is 39.5 Å². The quantitative estimate of drug-likeness (QED) is 0.741. The molecule has 0 amide bonds. The number of nitrogens with zero attached hydrogens (tertiary/aromatic N) is 3.